The lowest BCUT2D eigenvalue weighted by Gasteiger charge is -2.29. The fraction of sp³-hybridized carbons (Fsp3) is 0.533. The Morgan fingerprint density at radius 3 is 2.95 bits per heavy atom. The summed E-state index contributed by atoms with van der Waals surface area (Å²) in [5.74, 6) is 0.874. The quantitative estimate of drug-likeness (QED) is 0.839. The number of nitrogens with zero attached hydrogens (tertiary/aromatic N) is 2. The smallest absolute Gasteiger partial charge is 0.295 e. The lowest BCUT2D eigenvalue weighted by Crippen LogP contribution is -2.36. The van der Waals surface area contributed by atoms with Crippen LogP contribution in [0.5, 0.6) is 0 Å². The Morgan fingerprint density at radius 1 is 1.40 bits per heavy atom. The van der Waals surface area contributed by atoms with Crippen LogP contribution in [0.15, 0.2) is 22.6 Å². The van der Waals surface area contributed by atoms with Crippen molar-refractivity contribution in [2.75, 3.05) is 37.2 Å². The highest BCUT2D eigenvalue weighted by atomic mass is 16.4. The number of likely N-dealkylation sites (tertiary alicyclic amines) is 1. The van der Waals surface area contributed by atoms with Crippen LogP contribution in [0.25, 0.3) is 11.1 Å². The predicted octanol–water partition coefficient (Wildman–Crippen LogP) is 2.55. The highest BCUT2D eigenvalue weighted by Crippen LogP contribution is 2.23. The van der Waals surface area contributed by atoms with Gasteiger partial charge in [0, 0.05) is 13.1 Å². The Hall–Kier alpha value is -1.75. The molecular formula is C15H22N4O. The lowest BCUT2D eigenvalue weighted by atomic mass is 9.99. The minimum Gasteiger partial charge on any atom is -0.423 e. The van der Waals surface area contributed by atoms with Gasteiger partial charge < -0.3 is 20.4 Å². The molecule has 3 rings (SSSR count). The normalized spacial score (nSPS) is 17.6. The van der Waals surface area contributed by atoms with Crippen LogP contribution >= 0.6 is 0 Å². The highest BCUT2D eigenvalue weighted by molar-refractivity contribution is 5.86. The molecule has 5 nitrogen and oxygen atoms in total. The molecule has 5 heteroatoms. The molecule has 0 unspecified atom stereocenters. The molecule has 0 bridgehead atoms. The van der Waals surface area contributed by atoms with Gasteiger partial charge in [-0.3, -0.25) is 0 Å². The van der Waals surface area contributed by atoms with Crippen LogP contribution in [0.2, 0.25) is 0 Å². The Labute approximate surface area is 119 Å². The molecule has 20 heavy (non-hydrogen) atoms. The van der Waals surface area contributed by atoms with E-state index in [0.717, 1.165) is 30.1 Å². The van der Waals surface area contributed by atoms with Crippen LogP contribution in [-0.4, -0.2) is 36.1 Å². The summed E-state index contributed by atoms with van der Waals surface area (Å²) in [6.45, 7) is 6.60. The standard InChI is InChI=1S/C15H22N4O/c1-11-5-8-19(9-6-11)10-7-17-15-18-14-12(16)3-2-4-13(14)20-15/h2-4,11H,5-10,16H2,1H3,(H,17,18). The van der Waals surface area contributed by atoms with E-state index in [0.29, 0.717) is 11.7 Å². The molecule has 1 aliphatic heterocycles. The first-order valence-electron chi connectivity index (χ1n) is 7.33. The average molecular weight is 274 g/mol. The maximum absolute atomic E-state index is 5.87. The van der Waals surface area contributed by atoms with E-state index in [1.807, 2.05) is 18.2 Å². The summed E-state index contributed by atoms with van der Waals surface area (Å²) >= 11 is 0. The van der Waals surface area contributed by atoms with E-state index in [4.69, 9.17) is 10.2 Å². The number of anilines is 2. The van der Waals surface area contributed by atoms with Crippen molar-refractivity contribution in [1.82, 2.24) is 9.88 Å². The fourth-order valence-corrected chi connectivity index (χ4v) is 2.65. The second kappa shape index (κ2) is 5.71. The molecule has 2 heterocycles. The van der Waals surface area contributed by atoms with E-state index in [9.17, 15) is 0 Å². The number of piperidine rings is 1. The van der Waals surface area contributed by atoms with Gasteiger partial charge in [0.1, 0.15) is 5.52 Å². The first-order valence-corrected chi connectivity index (χ1v) is 7.33. The maximum atomic E-state index is 5.87. The number of nitrogen functional groups attached to an aromatic ring is 1. The first-order chi connectivity index (χ1) is 9.72. The van der Waals surface area contributed by atoms with Crippen molar-refractivity contribution in [2.45, 2.75) is 19.8 Å². The van der Waals surface area contributed by atoms with Crippen molar-refractivity contribution in [3.8, 4) is 0 Å². The van der Waals surface area contributed by atoms with E-state index in [2.05, 4.69) is 22.1 Å². The molecular weight excluding hydrogens is 252 g/mol. The van der Waals surface area contributed by atoms with Crippen molar-refractivity contribution < 1.29 is 4.42 Å². The Kier molecular flexibility index (Phi) is 3.78. The van der Waals surface area contributed by atoms with Crippen molar-refractivity contribution >= 4 is 22.8 Å². The molecule has 1 aromatic heterocycles. The number of hydrogen-bond acceptors (Lipinski definition) is 5. The number of benzene rings is 1. The molecule has 2 aromatic rings. The van der Waals surface area contributed by atoms with Crippen LogP contribution < -0.4 is 11.1 Å². The zero-order valence-corrected chi connectivity index (χ0v) is 11.9. The summed E-state index contributed by atoms with van der Waals surface area (Å²) < 4.78 is 5.63. The van der Waals surface area contributed by atoms with Gasteiger partial charge >= 0.3 is 0 Å². The molecule has 1 aromatic carbocycles. The van der Waals surface area contributed by atoms with E-state index in [-0.39, 0.29) is 0 Å². The largest absolute Gasteiger partial charge is 0.423 e. The van der Waals surface area contributed by atoms with Gasteiger partial charge in [-0.05, 0) is 44.0 Å². The SMILES string of the molecule is CC1CCN(CCNc2nc3c(N)cccc3o2)CC1. The summed E-state index contributed by atoms with van der Waals surface area (Å²) in [5, 5.41) is 3.24. The average Bonchev–Trinajstić information content (AvgIpc) is 2.85. The minimum atomic E-state index is 0.559. The fourth-order valence-electron chi connectivity index (χ4n) is 2.65. The molecule has 1 saturated heterocycles. The molecule has 0 atom stereocenters. The second-order valence-corrected chi connectivity index (χ2v) is 5.66. The van der Waals surface area contributed by atoms with E-state index in [1.54, 1.807) is 0 Å². The van der Waals surface area contributed by atoms with Crippen molar-refractivity contribution in [3.05, 3.63) is 18.2 Å². The Morgan fingerprint density at radius 2 is 2.20 bits per heavy atom. The predicted molar refractivity (Wildman–Crippen MR) is 81.7 cm³/mol. The topological polar surface area (TPSA) is 67.3 Å². The molecule has 0 amide bonds. The summed E-state index contributed by atoms with van der Waals surface area (Å²) in [5.41, 5.74) is 8.00. The molecule has 0 aliphatic carbocycles. The monoisotopic (exact) mass is 274 g/mol. The third kappa shape index (κ3) is 2.88. The molecule has 3 N–H and O–H groups in total. The highest BCUT2D eigenvalue weighted by Gasteiger charge is 2.15. The van der Waals surface area contributed by atoms with Gasteiger partial charge in [-0.15, -0.1) is 0 Å². The minimum absolute atomic E-state index is 0.559. The number of hydrogen-bond donors (Lipinski definition) is 2. The number of oxazole rings is 1. The van der Waals surface area contributed by atoms with Crippen molar-refractivity contribution in [3.63, 3.8) is 0 Å². The van der Waals surface area contributed by atoms with E-state index < -0.39 is 0 Å². The van der Waals surface area contributed by atoms with Gasteiger partial charge in [-0.25, -0.2) is 0 Å². The van der Waals surface area contributed by atoms with Gasteiger partial charge in [0.05, 0.1) is 5.69 Å². The first kappa shape index (κ1) is 13.2. The summed E-state index contributed by atoms with van der Waals surface area (Å²) in [6, 6.07) is 6.16. The van der Waals surface area contributed by atoms with Gasteiger partial charge in [0.2, 0.25) is 0 Å². The third-order valence-electron chi connectivity index (χ3n) is 4.03. The molecule has 1 fully saturated rings. The number of nitrogens with two attached hydrogens (primary N) is 1. The molecule has 0 radical (unpaired) electrons. The summed E-state index contributed by atoms with van der Waals surface area (Å²) in [4.78, 5) is 6.88. The number of fused-ring (bicyclic) bond motifs is 1. The number of para-hydroxylation sites is 1. The van der Waals surface area contributed by atoms with Gasteiger partial charge in [0.25, 0.3) is 6.01 Å². The zero-order valence-electron chi connectivity index (χ0n) is 11.9. The summed E-state index contributed by atoms with van der Waals surface area (Å²) in [6.07, 6.45) is 2.61. The van der Waals surface area contributed by atoms with Crippen molar-refractivity contribution in [2.24, 2.45) is 5.92 Å². The Bertz CT molecular complexity index is 572. The van der Waals surface area contributed by atoms with Crippen LogP contribution in [0, 0.1) is 5.92 Å². The number of aromatic nitrogens is 1. The van der Waals surface area contributed by atoms with Crippen molar-refractivity contribution in [1.29, 1.82) is 0 Å². The maximum Gasteiger partial charge on any atom is 0.295 e. The van der Waals surface area contributed by atoms with E-state index >= 15 is 0 Å². The molecule has 0 saturated carbocycles. The molecule has 0 spiro atoms. The van der Waals surface area contributed by atoms with Crippen LogP contribution in [0.3, 0.4) is 0 Å². The zero-order chi connectivity index (χ0) is 13.9. The molecule has 1 aliphatic rings. The second-order valence-electron chi connectivity index (χ2n) is 5.66. The third-order valence-corrected chi connectivity index (χ3v) is 4.03. The lowest BCUT2D eigenvalue weighted by molar-refractivity contribution is 0.198. The van der Waals surface area contributed by atoms with Gasteiger partial charge in [-0.2, -0.15) is 4.98 Å². The Balaban J connectivity index is 1.53. The summed E-state index contributed by atoms with van der Waals surface area (Å²) in [7, 11) is 0. The van der Waals surface area contributed by atoms with Crippen LogP contribution in [0.1, 0.15) is 19.8 Å². The van der Waals surface area contributed by atoms with Gasteiger partial charge in [0.15, 0.2) is 5.58 Å². The number of rotatable bonds is 4. The van der Waals surface area contributed by atoms with E-state index in [1.165, 1.54) is 25.9 Å². The van der Waals surface area contributed by atoms with Gasteiger partial charge in [-0.1, -0.05) is 13.0 Å². The van der Waals surface area contributed by atoms with Crippen LogP contribution in [-0.2, 0) is 0 Å². The number of nitrogens with one attached hydrogen (secondary N) is 1. The van der Waals surface area contributed by atoms with Crippen LogP contribution in [0.4, 0.5) is 11.7 Å². The molecule has 108 valence electrons.